The van der Waals surface area contributed by atoms with E-state index < -0.39 is 5.92 Å². The maximum Gasteiger partial charge on any atom is 0.309 e. The highest BCUT2D eigenvalue weighted by molar-refractivity contribution is 5.87. The zero-order valence-electron chi connectivity index (χ0n) is 13.8. The van der Waals surface area contributed by atoms with Crippen LogP contribution in [0.15, 0.2) is 54.6 Å². The van der Waals surface area contributed by atoms with E-state index in [2.05, 4.69) is 12.1 Å². The molecule has 120 valence electrons. The molecule has 0 aliphatic rings. The Bertz CT molecular complexity index is 659. The van der Waals surface area contributed by atoms with Crippen molar-refractivity contribution in [3.05, 3.63) is 60.2 Å². The zero-order chi connectivity index (χ0) is 16.8. The molecule has 2 aromatic carbocycles. The minimum Gasteiger partial charge on any atom is -0.469 e. The van der Waals surface area contributed by atoms with Gasteiger partial charge in [-0.25, -0.2) is 0 Å². The van der Waals surface area contributed by atoms with Gasteiger partial charge in [0.05, 0.1) is 13.0 Å². The van der Waals surface area contributed by atoms with Crippen LogP contribution in [0.25, 0.3) is 11.1 Å². The van der Waals surface area contributed by atoms with Crippen LogP contribution in [0.3, 0.4) is 0 Å². The molecule has 0 N–H and O–H groups in total. The highest BCUT2D eigenvalue weighted by Crippen LogP contribution is 2.21. The van der Waals surface area contributed by atoms with Gasteiger partial charge in [-0.05, 0) is 16.7 Å². The van der Waals surface area contributed by atoms with Gasteiger partial charge < -0.3 is 4.74 Å². The van der Waals surface area contributed by atoms with Crippen molar-refractivity contribution in [3.63, 3.8) is 0 Å². The van der Waals surface area contributed by atoms with E-state index in [9.17, 15) is 9.59 Å². The van der Waals surface area contributed by atoms with E-state index in [4.69, 9.17) is 4.74 Å². The minimum absolute atomic E-state index is 0.0513. The Hall–Kier alpha value is -2.42. The Morgan fingerprint density at radius 1 is 0.870 bits per heavy atom. The molecule has 0 aliphatic carbocycles. The van der Waals surface area contributed by atoms with Crippen molar-refractivity contribution >= 4 is 11.8 Å². The number of carbonyl (C=O) groups excluding carboxylic acids is 2. The first-order valence-corrected chi connectivity index (χ1v) is 7.78. The number of methoxy groups -OCH3 is 1. The van der Waals surface area contributed by atoms with Crippen molar-refractivity contribution in [2.75, 3.05) is 7.11 Å². The Balaban J connectivity index is 2.03. The van der Waals surface area contributed by atoms with Crippen LogP contribution in [0.5, 0.6) is 0 Å². The van der Waals surface area contributed by atoms with Crippen LogP contribution in [0, 0.1) is 11.8 Å². The van der Waals surface area contributed by atoms with Gasteiger partial charge in [0.2, 0.25) is 0 Å². The maximum absolute atomic E-state index is 12.3. The number of carbonyl (C=O) groups is 2. The number of benzene rings is 2. The highest BCUT2D eigenvalue weighted by atomic mass is 16.5. The molecule has 2 aromatic rings. The molecule has 0 aromatic heterocycles. The van der Waals surface area contributed by atoms with E-state index in [0.29, 0.717) is 6.42 Å². The fourth-order valence-electron chi connectivity index (χ4n) is 2.48. The molecule has 0 amide bonds. The number of rotatable bonds is 6. The molecule has 0 aliphatic heterocycles. The molecule has 2 rings (SSSR count). The van der Waals surface area contributed by atoms with E-state index in [0.717, 1.165) is 16.7 Å². The summed E-state index contributed by atoms with van der Waals surface area (Å²) in [6.07, 6.45) is 0.331. The molecule has 0 spiro atoms. The van der Waals surface area contributed by atoms with Crippen LogP contribution in [-0.2, 0) is 20.7 Å². The Morgan fingerprint density at radius 2 is 1.43 bits per heavy atom. The first kappa shape index (κ1) is 16.9. The molecule has 2 atom stereocenters. The molecule has 23 heavy (non-hydrogen) atoms. The zero-order valence-corrected chi connectivity index (χ0v) is 13.8. The summed E-state index contributed by atoms with van der Waals surface area (Å²) in [5.41, 5.74) is 3.23. The van der Waals surface area contributed by atoms with Crippen LogP contribution in [0.2, 0.25) is 0 Å². The highest BCUT2D eigenvalue weighted by Gasteiger charge is 2.26. The number of hydrogen-bond donors (Lipinski definition) is 0. The average Bonchev–Trinajstić information content (AvgIpc) is 2.61. The second kappa shape index (κ2) is 7.73. The number of ether oxygens (including phenoxy) is 1. The summed E-state index contributed by atoms with van der Waals surface area (Å²) in [7, 11) is 1.35. The monoisotopic (exact) mass is 310 g/mol. The van der Waals surface area contributed by atoms with Gasteiger partial charge in [0, 0.05) is 12.3 Å². The number of ketones is 1. The second-order valence-corrected chi connectivity index (χ2v) is 5.81. The fraction of sp³-hybridized carbons (Fsp3) is 0.300. The number of Topliss-reactive ketones (excluding diaryl/α,β-unsaturated/α-hetero) is 1. The van der Waals surface area contributed by atoms with Crippen LogP contribution in [-0.4, -0.2) is 18.9 Å². The summed E-state index contributed by atoms with van der Waals surface area (Å²) in [5.74, 6) is -1.06. The summed E-state index contributed by atoms with van der Waals surface area (Å²) in [6.45, 7) is 3.51. The predicted octanol–water partition coefficient (Wildman–Crippen LogP) is 3.91. The lowest BCUT2D eigenvalue weighted by Gasteiger charge is -2.16. The summed E-state index contributed by atoms with van der Waals surface area (Å²) < 4.78 is 4.71. The Kier molecular flexibility index (Phi) is 5.69. The molecule has 0 bridgehead atoms. The van der Waals surface area contributed by atoms with Gasteiger partial charge in [-0.15, -0.1) is 0 Å². The molecule has 0 radical (unpaired) electrons. The molecule has 2 unspecified atom stereocenters. The SMILES string of the molecule is COC(=O)C(C)C(C)C(=O)Cc1ccc(-c2ccccc2)cc1. The van der Waals surface area contributed by atoms with E-state index in [1.807, 2.05) is 42.5 Å². The molecule has 3 heteroatoms. The van der Waals surface area contributed by atoms with E-state index in [-0.39, 0.29) is 17.7 Å². The molecular formula is C20H22O3. The van der Waals surface area contributed by atoms with E-state index >= 15 is 0 Å². The Labute approximate surface area is 137 Å². The van der Waals surface area contributed by atoms with Gasteiger partial charge in [0.15, 0.2) is 0 Å². The standard InChI is InChI=1S/C20H22O3/c1-14(15(2)20(22)23-3)19(21)13-16-9-11-18(12-10-16)17-7-5-4-6-8-17/h4-12,14-15H,13H2,1-3H3. The molecule has 0 fully saturated rings. The molecule has 0 saturated heterocycles. The van der Waals surface area contributed by atoms with Crippen LogP contribution < -0.4 is 0 Å². The van der Waals surface area contributed by atoms with Crippen molar-refractivity contribution in [2.24, 2.45) is 11.8 Å². The lowest BCUT2D eigenvalue weighted by molar-refractivity contribution is -0.148. The van der Waals surface area contributed by atoms with Crippen LogP contribution >= 0.6 is 0 Å². The third-order valence-electron chi connectivity index (χ3n) is 4.27. The van der Waals surface area contributed by atoms with Crippen LogP contribution in [0.1, 0.15) is 19.4 Å². The summed E-state index contributed by atoms with van der Waals surface area (Å²) in [5, 5.41) is 0. The van der Waals surface area contributed by atoms with Gasteiger partial charge in [-0.1, -0.05) is 68.4 Å². The summed E-state index contributed by atoms with van der Waals surface area (Å²) >= 11 is 0. The van der Waals surface area contributed by atoms with Gasteiger partial charge in [0.25, 0.3) is 0 Å². The van der Waals surface area contributed by atoms with E-state index in [1.165, 1.54) is 7.11 Å². The third-order valence-corrected chi connectivity index (χ3v) is 4.27. The van der Waals surface area contributed by atoms with Crippen LogP contribution in [0.4, 0.5) is 0 Å². The maximum atomic E-state index is 12.3. The minimum atomic E-state index is -0.420. The molecular weight excluding hydrogens is 288 g/mol. The third kappa shape index (κ3) is 4.28. The van der Waals surface area contributed by atoms with Gasteiger partial charge in [-0.3, -0.25) is 9.59 Å². The predicted molar refractivity (Wildman–Crippen MR) is 90.9 cm³/mol. The lowest BCUT2D eigenvalue weighted by atomic mass is 9.88. The van der Waals surface area contributed by atoms with Crippen molar-refractivity contribution in [3.8, 4) is 11.1 Å². The van der Waals surface area contributed by atoms with Crippen molar-refractivity contribution in [2.45, 2.75) is 20.3 Å². The van der Waals surface area contributed by atoms with Gasteiger partial charge >= 0.3 is 5.97 Å². The van der Waals surface area contributed by atoms with Crippen molar-refractivity contribution in [1.29, 1.82) is 0 Å². The quantitative estimate of drug-likeness (QED) is 0.760. The lowest BCUT2D eigenvalue weighted by Crippen LogP contribution is -2.27. The smallest absolute Gasteiger partial charge is 0.309 e. The largest absolute Gasteiger partial charge is 0.469 e. The molecule has 0 heterocycles. The van der Waals surface area contributed by atoms with Gasteiger partial charge in [0.1, 0.15) is 5.78 Å². The first-order valence-electron chi connectivity index (χ1n) is 7.78. The molecule has 0 saturated carbocycles. The number of hydrogen-bond acceptors (Lipinski definition) is 3. The normalized spacial score (nSPS) is 13.2. The first-order chi connectivity index (χ1) is 11.0. The summed E-state index contributed by atoms with van der Waals surface area (Å²) in [6, 6.07) is 18.1. The second-order valence-electron chi connectivity index (χ2n) is 5.81. The molecule has 3 nitrogen and oxygen atoms in total. The average molecular weight is 310 g/mol. The number of esters is 1. The van der Waals surface area contributed by atoms with Crippen molar-refractivity contribution < 1.29 is 14.3 Å². The topological polar surface area (TPSA) is 43.4 Å². The van der Waals surface area contributed by atoms with Gasteiger partial charge in [-0.2, -0.15) is 0 Å². The van der Waals surface area contributed by atoms with Crippen molar-refractivity contribution in [1.82, 2.24) is 0 Å². The fourth-order valence-corrected chi connectivity index (χ4v) is 2.48. The van der Waals surface area contributed by atoms with E-state index in [1.54, 1.807) is 13.8 Å². The summed E-state index contributed by atoms with van der Waals surface area (Å²) in [4.78, 5) is 23.9. The Morgan fingerprint density at radius 3 is 2.00 bits per heavy atom.